The number of aromatic nitrogens is 2. The molecule has 5 nitrogen and oxygen atoms in total. The van der Waals surface area contributed by atoms with Gasteiger partial charge in [0.2, 0.25) is 5.91 Å². The van der Waals surface area contributed by atoms with E-state index in [-0.39, 0.29) is 5.91 Å². The molecule has 1 saturated carbocycles. The molecular formula is C18H30N4O. The average Bonchev–Trinajstić information content (AvgIpc) is 3.20. The van der Waals surface area contributed by atoms with Gasteiger partial charge in [-0.3, -0.25) is 9.69 Å². The van der Waals surface area contributed by atoms with Gasteiger partial charge in [0.15, 0.2) is 0 Å². The Bertz CT molecular complexity index is 499. The van der Waals surface area contributed by atoms with Crippen LogP contribution in [0, 0.1) is 5.92 Å². The Balaban J connectivity index is 1.39. The van der Waals surface area contributed by atoms with Gasteiger partial charge in [-0.1, -0.05) is 19.8 Å². The molecule has 1 aromatic rings. The molecule has 0 radical (unpaired) electrons. The van der Waals surface area contributed by atoms with Crippen molar-refractivity contribution >= 4 is 5.91 Å². The van der Waals surface area contributed by atoms with Crippen molar-refractivity contribution in [2.75, 3.05) is 19.6 Å². The zero-order valence-electron chi connectivity index (χ0n) is 14.3. The largest absolute Gasteiger partial charge is 0.352 e. The summed E-state index contributed by atoms with van der Waals surface area (Å²) in [4.78, 5) is 18.8. The van der Waals surface area contributed by atoms with E-state index in [1.807, 2.05) is 6.20 Å². The van der Waals surface area contributed by atoms with E-state index in [9.17, 15) is 4.79 Å². The molecule has 5 heteroatoms. The molecule has 1 aliphatic carbocycles. The Hall–Kier alpha value is -1.36. The molecule has 128 valence electrons. The minimum Gasteiger partial charge on any atom is -0.352 e. The number of likely N-dealkylation sites (tertiary alicyclic amines) is 1. The van der Waals surface area contributed by atoms with Gasteiger partial charge in [0, 0.05) is 31.4 Å². The fraction of sp³-hybridized carbons (Fsp3) is 0.778. The predicted molar refractivity (Wildman–Crippen MR) is 91.2 cm³/mol. The lowest BCUT2D eigenvalue weighted by molar-refractivity contribution is -0.123. The number of rotatable bonds is 6. The van der Waals surface area contributed by atoms with Crippen molar-refractivity contribution in [1.29, 1.82) is 0 Å². The molecule has 1 N–H and O–H groups in total. The van der Waals surface area contributed by atoms with E-state index in [1.165, 1.54) is 44.3 Å². The van der Waals surface area contributed by atoms with E-state index < -0.39 is 0 Å². The molecule has 0 spiro atoms. The van der Waals surface area contributed by atoms with E-state index in [0.717, 1.165) is 26.1 Å². The van der Waals surface area contributed by atoms with E-state index in [2.05, 4.69) is 32.9 Å². The molecule has 1 aliphatic heterocycles. The molecule has 1 aromatic heterocycles. The van der Waals surface area contributed by atoms with Crippen LogP contribution in [-0.2, 0) is 17.8 Å². The number of hydrogen-bond donors (Lipinski definition) is 1. The number of piperidine rings is 1. The Labute approximate surface area is 139 Å². The third-order valence-electron chi connectivity index (χ3n) is 5.37. The summed E-state index contributed by atoms with van der Waals surface area (Å²) in [5.41, 5.74) is 0. The highest BCUT2D eigenvalue weighted by Gasteiger charge is 2.23. The van der Waals surface area contributed by atoms with Crippen molar-refractivity contribution < 1.29 is 4.79 Å². The van der Waals surface area contributed by atoms with E-state index in [1.54, 1.807) is 0 Å². The Morgan fingerprint density at radius 2 is 2.00 bits per heavy atom. The summed E-state index contributed by atoms with van der Waals surface area (Å²) < 4.78 is 2.30. The molecule has 0 bridgehead atoms. The highest BCUT2D eigenvalue weighted by atomic mass is 16.2. The zero-order chi connectivity index (χ0) is 16.1. The first kappa shape index (κ1) is 16.5. The minimum absolute atomic E-state index is 0.221. The van der Waals surface area contributed by atoms with Gasteiger partial charge in [0.05, 0.1) is 6.54 Å². The number of nitrogens with zero attached hydrogens (tertiary/aromatic N) is 3. The molecule has 2 heterocycles. The summed E-state index contributed by atoms with van der Waals surface area (Å²) in [7, 11) is 0. The summed E-state index contributed by atoms with van der Waals surface area (Å²) >= 11 is 0. The SMILES string of the molecule is CCc1nccn1CC1CCN(CC(=O)NC2CCCC2)CC1. The summed E-state index contributed by atoms with van der Waals surface area (Å²) in [5.74, 6) is 2.12. The summed E-state index contributed by atoms with van der Waals surface area (Å²) in [6.45, 7) is 5.89. The minimum atomic E-state index is 0.221. The van der Waals surface area contributed by atoms with Gasteiger partial charge in [-0.2, -0.15) is 0 Å². The standard InChI is InChI=1S/C18H30N4O/c1-2-17-19-9-12-22(17)13-15-7-10-21(11-8-15)14-18(23)20-16-5-3-4-6-16/h9,12,15-16H,2-8,10-11,13-14H2,1H3,(H,20,23). The molecule has 0 unspecified atom stereocenters. The van der Waals surface area contributed by atoms with Gasteiger partial charge in [-0.05, 0) is 44.7 Å². The topological polar surface area (TPSA) is 50.2 Å². The lowest BCUT2D eigenvalue weighted by Crippen LogP contribution is -2.44. The van der Waals surface area contributed by atoms with Crippen LogP contribution in [0.1, 0.15) is 51.3 Å². The normalized spacial score (nSPS) is 20.9. The van der Waals surface area contributed by atoms with Gasteiger partial charge in [-0.15, -0.1) is 0 Å². The number of aryl methyl sites for hydroxylation is 1. The van der Waals surface area contributed by atoms with Crippen LogP contribution in [0.5, 0.6) is 0 Å². The van der Waals surface area contributed by atoms with Crippen LogP contribution in [0.4, 0.5) is 0 Å². The van der Waals surface area contributed by atoms with E-state index in [0.29, 0.717) is 18.5 Å². The number of hydrogen-bond acceptors (Lipinski definition) is 3. The monoisotopic (exact) mass is 318 g/mol. The van der Waals surface area contributed by atoms with E-state index in [4.69, 9.17) is 0 Å². The number of carbonyl (C=O) groups is 1. The van der Waals surface area contributed by atoms with Gasteiger partial charge in [0.1, 0.15) is 5.82 Å². The predicted octanol–water partition coefficient (Wildman–Crippen LogP) is 2.22. The third kappa shape index (κ3) is 4.56. The third-order valence-corrected chi connectivity index (χ3v) is 5.37. The first-order valence-electron chi connectivity index (χ1n) is 9.26. The number of amides is 1. The van der Waals surface area contributed by atoms with Crippen LogP contribution in [0.2, 0.25) is 0 Å². The average molecular weight is 318 g/mol. The Morgan fingerprint density at radius 1 is 1.26 bits per heavy atom. The van der Waals surface area contributed by atoms with Crippen LogP contribution in [0.25, 0.3) is 0 Å². The lowest BCUT2D eigenvalue weighted by Gasteiger charge is -2.32. The second kappa shape index (κ2) is 7.95. The maximum absolute atomic E-state index is 12.1. The smallest absolute Gasteiger partial charge is 0.234 e. The fourth-order valence-electron chi connectivity index (χ4n) is 3.97. The summed E-state index contributed by atoms with van der Waals surface area (Å²) in [6.07, 6.45) is 12.2. The summed E-state index contributed by atoms with van der Waals surface area (Å²) in [6, 6.07) is 0.439. The van der Waals surface area contributed by atoms with Crippen molar-refractivity contribution in [1.82, 2.24) is 19.8 Å². The molecule has 2 fully saturated rings. The van der Waals surface area contributed by atoms with E-state index >= 15 is 0 Å². The van der Waals surface area contributed by atoms with Crippen molar-refractivity contribution in [3.05, 3.63) is 18.2 Å². The molecule has 0 atom stereocenters. The molecule has 1 amide bonds. The van der Waals surface area contributed by atoms with Gasteiger partial charge in [0.25, 0.3) is 0 Å². The van der Waals surface area contributed by atoms with Gasteiger partial charge < -0.3 is 9.88 Å². The van der Waals surface area contributed by atoms with Gasteiger partial charge in [-0.25, -0.2) is 4.98 Å². The second-order valence-electron chi connectivity index (χ2n) is 7.12. The molecule has 3 rings (SSSR count). The molecule has 0 aromatic carbocycles. The van der Waals surface area contributed by atoms with Crippen molar-refractivity contribution in [3.8, 4) is 0 Å². The first-order chi connectivity index (χ1) is 11.2. The van der Waals surface area contributed by atoms with Crippen LogP contribution in [0.3, 0.4) is 0 Å². The maximum atomic E-state index is 12.1. The zero-order valence-corrected chi connectivity index (χ0v) is 14.3. The number of nitrogens with one attached hydrogen (secondary N) is 1. The fourth-order valence-corrected chi connectivity index (χ4v) is 3.97. The Morgan fingerprint density at radius 3 is 2.70 bits per heavy atom. The quantitative estimate of drug-likeness (QED) is 0.875. The summed E-state index contributed by atoms with van der Waals surface area (Å²) in [5, 5.41) is 3.20. The highest BCUT2D eigenvalue weighted by Crippen LogP contribution is 2.20. The number of imidazole rings is 1. The molecule has 1 saturated heterocycles. The molecular weight excluding hydrogens is 288 g/mol. The maximum Gasteiger partial charge on any atom is 0.234 e. The van der Waals surface area contributed by atoms with Crippen LogP contribution in [-0.4, -0.2) is 46.0 Å². The van der Waals surface area contributed by atoms with Crippen molar-refractivity contribution in [2.45, 2.75) is 64.5 Å². The highest BCUT2D eigenvalue weighted by molar-refractivity contribution is 5.78. The molecule has 23 heavy (non-hydrogen) atoms. The van der Waals surface area contributed by atoms with Crippen LogP contribution in [0.15, 0.2) is 12.4 Å². The lowest BCUT2D eigenvalue weighted by atomic mass is 9.96. The van der Waals surface area contributed by atoms with Crippen molar-refractivity contribution in [3.63, 3.8) is 0 Å². The van der Waals surface area contributed by atoms with Crippen molar-refractivity contribution in [2.24, 2.45) is 5.92 Å². The van der Waals surface area contributed by atoms with Crippen LogP contribution < -0.4 is 5.32 Å². The van der Waals surface area contributed by atoms with Crippen LogP contribution >= 0.6 is 0 Å². The second-order valence-corrected chi connectivity index (χ2v) is 7.12. The molecule has 2 aliphatic rings. The van der Waals surface area contributed by atoms with Gasteiger partial charge >= 0.3 is 0 Å². The number of carbonyl (C=O) groups excluding carboxylic acids is 1. The Kier molecular flexibility index (Phi) is 5.70. The first-order valence-corrected chi connectivity index (χ1v) is 9.26.